The summed E-state index contributed by atoms with van der Waals surface area (Å²) in [6.07, 6.45) is 1.46. The van der Waals surface area contributed by atoms with E-state index in [9.17, 15) is 58.8 Å². The number of aromatic hydroxyl groups is 1. The molecule has 0 bridgehead atoms. The van der Waals surface area contributed by atoms with Gasteiger partial charge >= 0.3 is 23.9 Å². The molecule has 98 heavy (non-hydrogen) atoms. The van der Waals surface area contributed by atoms with E-state index in [0.717, 1.165) is 27.9 Å². The van der Waals surface area contributed by atoms with Crippen molar-refractivity contribution in [3.63, 3.8) is 0 Å². The molecule has 5 aromatic rings. The van der Waals surface area contributed by atoms with E-state index in [0.29, 0.717) is 43.5 Å². The predicted octanol–water partition coefficient (Wildman–Crippen LogP) is 1.98. The number of guanidine groups is 2. The maximum absolute atomic E-state index is 14.7. The van der Waals surface area contributed by atoms with E-state index < -0.39 is 65.6 Å². The number of hydrogen-bond acceptors (Lipinski definition) is 17. The van der Waals surface area contributed by atoms with E-state index in [1.807, 2.05) is 114 Å². The average molecular weight is 1350 g/mol. The Kier molecular flexibility index (Phi) is 32.4. The number of rotatable bonds is 35. The van der Waals surface area contributed by atoms with Gasteiger partial charge in [-0.1, -0.05) is 109 Å². The second-order valence-electron chi connectivity index (χ2n) is 23.5. The average Bonchev–Trinajstić information content (AvgIpc) is 0.837. The number of carboxylic acid groups (broad SMARTS) is 3. The highest BCUT2D eigenvalue weighted by atomic mass is 16.4. The highest BCUT2D eigenvalue weighted by Crippen LogP contribution is 2.27. The summed E-state index contributed by atoms with van der Waals surface area (Å²) in [5, 5.41) is 59.2. The Morgan fingerprint density at radius 3 is 1.56 bits per heavy atom. The number of hydrogen-bond donors (Lipinski definition) is 14. The third kappa shape index (κ3) is 28.5. The molecule has 17 N–H and O–H groups in total. The van der Waals surface area contributed by atoms with Gasteiger partial charge in [-0.2, -0.15) is 0 Å². The Morgan fingerprint density at radius 2 is 1.01 bits per heavy atom. The van der Waals surface area contributed by atoms with Crippen LogP contribution in [-0.4, -0.2) is 229 Å². The van der Waals surface area contributed by atoms with Crippen molar-refractivity contribution in [2.45, 2.75) is 70.0 Å². The van der Waals surface area contributed by atoms with Crippen LogP contribution in [0.5, 0.6) is 5.75 Å². The number of nitrogens with one attached hydrogen (secondary N) is 7. The highest BCUT2D eigenvalue weighted by molar-refractivity contribution is 6.39. The molecule has 6 rings (SSSR count). The fourth-order valence-electron chi connectivity index (χ4n) is 10.7. The lowest BCUT2D eigenvalue weighted by Gasteiger charge is -2.32. The quantitative estimate of drug-likeness (QED) is 0.0157. The fraction of sp³-hybridized carbons (Fsp3) is 0.406. The van der Waals surface area contributed by atoms with Gasteiger partial charge in [0, 0.05) is 104 Å². The van der Waals surface area contributed by atoms with Crippen molar-refractivity contribution < 1.29 is 58.8 Å². The summed E-state index contributed by atoms with van der Waals surface area (Å²) in [6, 6.07) is 37.7. The molecule has 29 heteroatoms. The van der Waals surface area contributed by atoms with Crippen LogP contribution in [0.4, 0.5) is 10.5 Å². The van der Waals surface area contributed by atoms with Crippen LogP contribution in [0.2, 0.25) is 0 Å². The number of phenolic OH excluding ortho intramolecular Hbond substituents is 1. The zero-order chi connectivity index (χ0) is 70.6. The van der Waals surface area contributed by atoms with Crippen LogP contribution in [0.3, 0.4) is 0 Å². The molecule has 1 aliphatic rings. The Labute approximate surface area is 570 Å². The molecule has 0 saturated carbocycles. The molecule has 29 nitrogen and oxygen atoms in total. The van der Waals surface area contributed by atoms with Gasteiger partial charge in [-0.05, 0) is 96.7 Å². The van der Waals surface area contributed by atoms with E-state index in [4.69, 9.17) is 22.2 Å². The highest BCUT2D eigenvalue weighted by Gasteiger charge is 2.29. The van der Waals surface area contributed by atoms with E-state index in [2.05, 4.69) is 47.2 Å². The topological polar surface area (TPSA) is 430 Å². The van der Waals surface area contributed by atoms with Gasteiger partial charge in [-0.25, -0.2) is 4.79 Å². The largest absolute Gasteiger partial charge is 0.508 e. The van der Waals surface area contributed by atoms with Gasteiger partial charge < -0.3 is 69.5 Å². The van der Waals surface area contributed by atoms with Crippen LogP contribution < -0.4 is 54.4 Å². The van der Waals surface area contributed by atoms with Gasteiger partial charge in [0.15, 0.2) is 11.9 Å². The molecule has 5 aromatic carbocycles. The summed E-state index contributed by atoms with van der Waals surface area (Å²) in [6.45, 7) is 4.09. The minimum atomic E-state index is -1.07. The van der Waals surface area contributed by atoms with Crippen LogP contribution in [0.25, 0.3) is 11.1 Å². The number of nitrogens with zero attached hydrogens (tertiary/aromatic N) is 7. The standard InChI is InChI=1S/C69H93N17O12/c1-2-73-69(98)82-68(72)77-31-10-17-57(64(95)78-43-49-20-28-55(87)29-21-49)81-66(97)62(52-14-7-4-8-15-52)53-24-26-54(27-25-53)74-32-11-33-75-63(94)56(16-9-30-76-67(70)71)80-65(96)58(42-48-18-22-51(23-19-48)50-12-5-3-6-13-50)79-47-86-40-38-84(45-60(90)91)36-34-83(44-59(88)89)35-37-85(39-41-86)46-61(92)93/h3-8,12-15,18-29,56-57,62,74,87H,2,9-11,16-17,30-47H2,1H3,(H,75,94)(H,78,95)(H,80,96)(H,81,97)(H,88,89)(H,90,91)(H,92,93)(H4,70,71,76)(H4,72,73,77,82,98)/t56-,57-,62-/m1/s1. The SMILES string of the molecule is CCNC(=O)NC(N)=NCCC[C@@H](NC(=O)[C@H](c1ccccc1)c1ccc(NCCCNC(=O)[C@@H](CCCN=C(N)N)NC(=O)C(Cc2ccc(-c3ccccc3)cc2)=NCN2CCN(CC(=O)O)CCN(CC(=O)O)CCN(CC(=O)O)CC2)cc1)C(=O)NCc1ccc(O)cc1. The Balaban J connectivity index is 1.15. The molecule has 1 saturated heterocycles. The van der Waals surface area contributed by atoms with Crippen molar-refractivity contribution in [2.75, 3.05) is 117 Å². The van der Waals surface area contributed by atoms with Crippen molar-refractivity contribution in [2.24, 2.45) is 32.2 Å². The number of aliphatic imine (C=N–C) groups is 3. The molecule has 0 aromatic heterocycles. The van der Waals surface area contributed by atoms with E-state index in [-0.39, 0.29) is 147 Å². The molecular formula is C69H93N17O12. The first-order valence-electron chi connectivity index (χ1n) is 32.7. The van der Waals surface area contributed by atoms with Crippen LogP contribution >= 0.6 is 0 Å². The van der Waals surface area contributed by atoms with E-state index >= 15 is 0 Å². The van der Waals surface area contributed by atoms with Gasteiger partial charge in [0.2, 0.25) is 17.7 Å². The lowest BCUT2D eigenvalue weighted by molar-refractivity contribution is -0.140. The number of aliphatic carboxylic acids is 3. The second kappa shape index (κ2) is 41.5. The minimum absolute atomic E-state index is 0.0535. The minimum Gasteiger partial charge on any atom is -0.508 e. The summed E-state index contributed by atoms with van der Waals surface area (Å²) < 4.78 is 0. The van der Waals surface area contributed by atoms with Crippen LogP contribution in [0.1, 0.15) is 67.2 Å². The summed E-state index contributed by atoms with van der Waals surface area (Å²) >= 11 is 0. The predicted molar refractivity (Wildman–Crippen MR) is 374 cm³/mol. The number of nitrogens with two attached hydrogens (primary N) is 3. The summed E-state index contributed by atoms with van der Waals surface area (Å²) in [5.41, 5.74) is 22.7. The van der Waals surface area contributed by atoms with Gasteiger partial charge in [-0.3, -0.25) is 73.5 Å². The number of anilines is 1. The summed E-state index contributed by atoms with van der Waals surface area (Å²) in [4.78, 5) is 125. The Bertz CT molecular complexity index is 3420. The lowest BCUT2D eigenvalue weighted by atomic mass is 9.90. The zero-order valence-electron chi connectivity index (χ0n) is 55.3. The molecule has 6 amide bonds. The lowest BCUT2D eigenvalue weighted by Crippen LogP contribution is -2.50. The van der Waals surface area contributed by atoms with Crippen LogP contribution in [0, 0.1) is 0 Å². The first-order valence-corrected chi connectivity index (χ1v) is 32.7. The molecule has 526 valence electrons. The number of amides is 6. The third-order valence-electron chi connectivity index (χ3n) is 15.9. The molecule has 0 unspecified atom stereocenters. The normalized spacial score (nSPS) is 14.7. The first-order chi connectivity index (χ1) is 47.2. The fourth-order valence-corrected chi connectivity index (χ4v) is 10.7. The van der Waals surface area contributed by atoms with Crippen LogP contribution in [-0.2, 0) is 46.5 Å². The smallest absolute Gasteiger partial charge is 0.321 e. The molecule has 1 fully saturated rings. The Hall–Kier alpha value is -10.5. The van der Waals surface area contributed by atoms with Crippen molar-refractivity contribution in [3.05, 3.63) is 156 Å². The summed E-state index contributed by atoms with van der Waals surface area (Å²) in [5.74, 6) is -6.15. The van der Waals surface area contributed by atoms with Crippen molar-refractivity contribution in [1.82, 2.24) is 51.5 Å². The zero-order valence-corrected chi connectivity index (χ0v) is 55.3. The Morgan fingerprint density at radius 1 is 0.510 bits per heavy atom. The molecule has 1 heterocycles. The molecule has 0 aliphatic carbocycles. The third-order valence-corrected chi connectivity index (χ3v) is 15.9. The van der Waals surface area contributed by atoms with Crippen LogP contribution in [0.15, 0.2) is 148 Å². The van der Waals surface area contributed by atoms with Crippen molar-refractivity contribution >= 4 is 70.9 Å². The molecule has 0 spiro atoms. The van der Waals surface area contributed by atoms with Crippen molar-refractivity contribution in [3.8, 4) is 16.9 Å². The summed E-state index contributed by atoms with van der Waals surface area (Å²) in [7, 11) is 0. The maximum Gasteiger partial charge on any atom is 0.321 e. The first kappa shape index (κ1) is 76.5. The number of carboxylic acids is 3. The van der Waals surface area contributed by atoms with E-state index in [1.165, 1.54) is 12.1 Å². The number of phenols is 1. The maximum atomic E-state index is 14.7. The number of benzene rings is 5. The van der Waals surface area contributed by atoms with Gasteiger partial charge in [0.1, 0.15) is 23.5 Å². The monoisotopic (exact) mass is 1350 g/mol. The van der Waals surface area contributed by atoms with Gasteiger partial charge in [-0.15, -0.1) is 0 Å². The number of urea groups is 1. The number of carbonyl (C=O) groups is 8. The molecular weight excluding hydrogens is 1260 g/mol. The molecule has 3 atom stereocenters. The van der Waals surface area contributed by atoms with Gasteiger partial charge in [0.25, 0.3) is 5.91 Å². The molecule has 1 aliphatic heterocycles. The van der Waals surface area contributed by atoms with E-state index in [1.54, 1.807) is 33.8 Å². The number of carbonyl (C=O) groups excluding carboxylic acids is 5. The molecule has 0 radical (unpaired) electrons. The van der Waals surface area contributed by atoms with Gasteiger partial charge in [0.05, 0.1) is 32.2 Å². The second-order valence-corrected chi connectivity index (χ2v) is 23.5. The van der Waals surface area contributed by atoms with Crippen molar-refractivity contribution in [1.29, 1.82) is 0 Å².